The zero-order valence-corrected chi connectivity index (χ0v) is 12.3. The number of rotatable bonds is 6. The molecule has 20 heavy (non-hydrogen) atoms. The maximum absolute atomic E-state index is 11.5. The van der Waals surface area contributed by atoms with Gasteiger partial charge in [0.05, 0.1) is 27.8 Å². The summed E-state index contributed by atoms with van der Waals surface area (Å²) in [6, 6.07) is 3.68. The summed E-state index contributed by atoms with van der Waals surface area (Å²) >= 11 is 0. The topological polar surface area (TPSA) is 61.8 Å². The Hall–Kier alpha value is -2.04. The van der Waals surface area contributed by atoms with Gasteiger partial charge in [-0.05, 0) is 42.2 Å². The SMILES string of the molecule is COC(=O)CCc1c(C)cc(OC)cc1CC(=O)OC. The molecule has 0 aliphatic rings. The highest BCUT2D eigenvalue weighted by Crippen LogP contribution is 2.24. The Morgan fingerprint density at radius 2 is 1.70 bits per heavy atom. The first-order chi connectivity index (χ1) is 9.51. The minimum atomic E-state index is -0.322. The minimum Gasteiger partial charge on any atom is -0.497 e. The fourth-order valence-corrected chi connectivity index (χ4v) is 2.04. The van der Waals surface area contributed by atoms with Crippen LogP contribution < -0.4 is 4.74 Å². The fourth-order valence-electron chi connectivity index (χ4n) is 2.04. The highest BCUT2D eigenvalue weighted by Gasteiger charge is 2.14. The second-order valence-electron chi connectivity index (χ2n) is 4.41. The normalized spacial score (nSPS) is 10.0. The number of hydrogen-bond acceptors (Lipinski definition) is 5. The largest absolute Gasteiger partial charge is 0.497 e. The average Bonchev–Trinajstić information content (AvgIpc) is 2.45. The van der Waals surface area contributed by atoms with E-state index in [0.29, 0.717) is 12.2 Å². The van der Waals surface area contributed by atoms with Gasteiger partial charge >= 0.3 is 11.9 Å². The van der Waals surface area contributed by atoms with Gasteiger partial charge < -0.3 is 14.2 Å². The number of carbonyl (C=O) groups is 2. The van der Waals surface area contributed by atoms with E-state index in [2.05, 4.69) is 4.74 Å². The van der Waals surface area contributed by atoms with Crippen LogP contribution in [0.15, 0.2) is 12.1 Å². The molecule has 5 nitrogen and oxygen atoms in total. The van der Waals surface area contributed by atoms with E-state index in [-0.39, 0.29) is 24.8 Å². The summed E-state index contributed by atoms with van der Waals surface area (Å²) in [5, 5.41) is 0. The summed E-state index contributed by atoms with van der Waals surface area (Å²) in [5.41, 5.74) is 2.76. The molecule has 0 saturated carbocycles. The van der Waals surface area contributed by atoms with Crippen LogP contribution >= 0.6 is 0 Å². The monoisotopic (exact) mass is 280 g/mol. The van der Waals surface area contributed by atoms with E-state index in [4.69, 9.17) is 9.47 Å². The maximum Gasteiger partial charge on any atom is 0.309 e. The van der Waals surface area contributed by atoms with Crippen LogP contribution in [0.3, 0.4) is 0 Å². The van der Waals surface area contributed by atoms with Gasteiger partial charge in [0.1, 0.15) is 5.75 Å². The van der Waals surface area contributed by atoms with Gasteiger partial charge in [-0.3, -0.25) is 9.59 Å². The Morgan fingerprint density at radius 3 is 2.25 bits per heavy atom. The van der Waals surface area contributed by atoms with E-state index >= 15 is 0 Å². The number of ether oxygens (including phenoxy) is 3. The number of methoxy groups -OCH3 is 3. The summed E-state index contributed by atoms with van der Waals surface area (Å²) in [6.07, 6.45) is 0.956. The first-order valence-corrected chi connectivity index (χ1v) is 6.31. The van der Waals surface area contributed by atoms with Gasteiger partial charge in [0.2, 0.25) is 0 Å². The van der Waals surface area contributed by atoms with Crippen LogP contribution in [0.4, 0.5) is 0 Å². The molecular weight excluding hydrogens is 260 g/mol. The predicted molar refractivity (Wildman–Crippen MR) is 73.8 cm³/mol. The Labute approximate surface area is 118 Å². The lowest BCUT2D eigenvalue weighted by atomic mass is 9.95. The number of carbonyl (C=O) groups excluding carboxylic acids is 2. The molecule has 0 aliphatic carbocycles. The lowest BCUT2D eigenvalue weighted by Crippen LogP contribution is -2.10. The van der Waals surface area contributed by atoms with Crippen LogP contribution in [0.25, 0.3) is 0 Å². The molecule has 0 spiro atoms. The van der Waals surface area contributed by atoms with Crippen LogP contribution in [-0.2, 0) is 31.9 Å². The van der Waals surface area contributed by atoms with Gasteiger partial charge in [0, 0.05) is 6.42 Å². The van der Waals surface area contributed by atoms with Crippen molar-refractivity contribution >= 4 is 11.9 Å². The van der Waals surface area contributed by atoms with Crippen molar-refractivity contribution < 1.29 is 23.8 Å². The second kappa shape index (κ2) is 7.53. The molecule has 1 rings (SSSR count). The van der Waals surface area contributed by atoms with Gasteiger partial charge in [-0.15, -0.1) is 0 Å². The lowest BCUT2D eigenvalue weighted by molar-refractivity contribution is -0.140. The Morgan fingerprint density at radius 1 is 1.05 bits per heavy atom. The van der Waals surface area contributed by atoms with Gasteiger partial charge in [0.15, 0.2) is 0 Å². The fraction of sp³-hybridized carbons (Fsp3) is 0.467. The van der Waals surface area contributed by atoms with Crippen molar-refractivity contribution in [2.24, 2.45) is 0 Å². The molecule has 0 saturated heterocycles. The van der Waals surface area contributed by atoms with Gasteiger partial charge in [-0.2, -0.15) is 0 Å². The Bertz CT molecular complexity index is 493. The van der Waals surface area contributed by atoms with E-state index in [0.717, 1.165) is 16.7 Å². The van der Waals surface area contributed by atoms with Crippen molar-refractivity contribution in [2.45, 2.75) is 26.2 Å². The summed E-state index contributed by atoms with van der Waals surface area (Å²) in [4.78, 5) is 22.8. The zero-order valence-electron chi connectivity index (χ0n) is 12.3. The van der Waals surface area contributed by atoms with Crippen molar-refractivity contribution in [3.05, 3.63) is 28.8 Å². The maximum atomic E-state index is 11.5. The highest BCUT2D eigenvalue weighted by molar-refractivity contribution is 5.74. The minimum absolute atomic E-state index is 0.158. The molecule has 0 amide bonds. The molecule has 0 atom stereocenters. The number of aryl methyl sites for hydroxylation is 1. The van der Waals surface area contributed by atoms with Gasteiger partial charge in [0.25, 0.3) is 0 Å². The van der Waals surface area contributed by atoms with E-state index in [1.165, 1.54) is 14.2 Å². The molecule has 0 heterocycles. The first kappa shape index (κ1) is 16.0. The third-order valence-electron chi connectivity index (χ3n) is 3.14. The highest BCUT2D eigenvalue weighted by atomic mass is 16.5. The third kappa shape index (κ3) is 4.26. The average molecular weight is 280 g/mol. The number of esters is 2. The van der Waals surface area contributed by atoms with Crippen molar-refractivity contribution in [3.8, 4) is 5.75 Å². The molecule has 0 unspecified atom stereocenters. The first-order valence-electron chi connectivity index (χ1n) is 6.31. The molecule has 0 bridgehead atoms. The van der Waals surface area contributed by atoms with E-state index < -0.39 is 0 Å². The van der Waals surface area contributed by atoms with Crippen LogP contribution in [0, 0.1) is 6.92 Å². The molecule has 5 heteroatoms. The lowest BCUT2D eigenvalue weighted by Gasteiger charge is -2.14. The summed E-state index contributed by atoms with van der Waals surface area (Å²) < 4.78 is 14.6. The van der Waals surface area contributed by atoms with E-state index in [1.807, 2.05) is 13.0 Å². The summed E-state index contributed by atoms with van der Waals surface area (Å²) in [5.74, 6) is 0.0874. The number of benzene rings is 1. The molecule has 0 radical (unpaired) electrons. The Balaban J connectivity index is 3.05. The molecule has 1 aromatic rings. The van der Waals surface area contributed by atoms with E-state index in [9.17, 15) is 9.59 Å². The Kier molecular flexibility index (Phi) is 6.03. The van der Waals surface area contributed by atoms with E-state index in [1.54, 1.807) is 13.2 Å². The van der Waals surface area contributed by atoms with Crippen molar-refractivity contribution in [2.75, 3.05) is 21.3 Å². The zero-order chi connectivity index (χ0) is 15.1. The molecule has 0 fully saturated rings. The van der Waals surface area contributed by atoms with Crippen LogP contribution in [0.2, 0.25) is 0 Å². The molecule has 1 aromatic carbocycles. The van der Waals surface area contributed by atoms with Crippen molar-refractivity contribution in [1.82, 2.24) is 0 Å². The van der Waals surface area contributed by atoms with Crippen LogP contribution in [0.1, 0.15) is 23.1 Å². The summed E-state index contributed by atoms with van der Waals surface area (Å²) in [7, 11) is 4.28. The van der Waals surface area contributed by atoms with Crippen LogP contribution in [-0.4, -0.2) is 33.3 Å². The molecule has 0 N–H and O–H groups in total. The third-order valence-corrected chi connectivity index (χ3v) is 3.14. The quantitative estimate of drug-likeness (QED) is 0.744. The molecule has 110 valence electrons. The second-order valence-corrected chi connectivity index (χ2v) is 4.41. The van der Waals surface area contributed by atoms with Crippen molar-refractivity contribution in [1.29, 1.82) is 0 Å². The predicted octanol–water partition coefficient (Wildman–Crippen LogP) is 1.82. The van der Waals surface area contributed by atoms with Gasteiger partial charge in [-0.1, -0.05) is 0 Å². The number of hydrogen-bond donors (Lipinski definition) is 0. The smallest absolute Gasteiger partial charge is 0.309 e. The standard InChI is InChI=1S/C15H20O5/c1-10-7-12(18-2)8-11(9-15(17)20-4)13(10)5-6-14(16)19-3/h7-8H,5-6,9H2,1-4H3. The van der Waals surface area contributed by atoms with Crippen molar-refractivity contribution in [3.63, 3.8) is 0 Å². The molecule has 0 aliphatic heterocycles. The summed E-state index contributed by atoms with van der Waals surface area (Å²) in [6.45, 7) is 1.93. The molecular formula is C15H20O5. The van der Waals surface area contributed by atoms with Crippen LogP contribution in [0.5, 0.6) is 5.75 Å². The molecule has 0 aromatic heterocycles. The van der Waals surface area contributed by atoms with Gasteiger partial charge in [-0.25, -0.2) is 0 Å².